The van der Waals surface area contributed by atoms with Gasteiger partial charge < -0.3 is 24.9 Å². The number of hydrogen-bond donors (Lipinski definition) is 2. The van der Waals surface area contributed by atoms with E-state index in [0.717, 1.165) is 27.7 Å². The van der Waals surface area contributed by atoms with E-state index in [9.17, 15) is 10.1 Å². The highest BCUT2D eigenvalue weighted by Crippen LogP contribution is 2.29. The molecule has 0 aliphatic rings. The molecule has 8 nitrogen and oxygen atoms in total. The molecule has 8 heteroatoms. The van der Waals surface area contributed by atoms with Crippen LogP contribution in [0.3, 0.4) is 0 Å². The summed E-state index contributed by atoms with van der Waals surface area (Å²) >= 11 is 0. The van der Waals surface area contributed by atoms with Crippen LogP contribution in [0, 0.1) is 11.3 Å². The number of carbonyl (C=O) groups excluding carboxylic acids is 1. The highest BCUT2D eigenvalue weighted by molar-refractivity contribution is 5.89. The first-order chi connectivity index (χ1) is 15.0. The normalized spacial score (nSPS) is 10.8. The van der Waals surface area contributed by atoms with E-state index in [2.05, 4.69) is 16.4 Å². The zero-order valence-electron chi connectivity index (χ0n) is 17.3. The number of nitrogens with one attached hydrogen (secondary N) is 1. The van der Waals surface area contributed by atoms with E-state index >= 15 is 0 Å². The van der Waals surface area contributed by atoms with Crippen molar-refractivity contribution in [2.45, 2.75) is 6.54 Å². The molecular weight excluding hydrogens is 392 g/mol. The fourth-order valence-electron chi connectivity index (χ4n) is 3.53. The molecule has 3 N–H and O–H groups in total. The van der Waals surface area contributed by atoms with E-state index in [0.29, 0.717) is 23.9 Å². The second-order valence-corrected chi connectivity index (χ2v) is 7.26. The molecule has 2 aromatic carbocycles. The van der Waals surface area contributed by atoms with Gasteiger partial charge in [0.25, 0.3) is 6.01 Å². The summed E-state index contributed by atoms with van der Waals surface area (Å²) in [4.78, 5) is 17.8. The number of likely N-dealkylation sites (N-methyl/N-ethyl adjacent to an activating group) is 1. The van der Waals surface area contributed by atoms with Crippen LogP contribution in [0.5, 0.6) is 0 Å². The number of carbonyl (C=O) groups is 1. The Morgan fingerprint density at radius 1 is 1.32 bits per heavy atom. The van der Waals surface area contributed by atoms with Gasteiger partial charge in [0.15, 0.2) is 5.76 Å². The predicted molar refractivity (Wildman–Crippen MR) is 118 cm³/mol. The number of oxazole rings is 1. The number of amides is 1. The Labute approximate surface area is 179 Å². The van der Waals surface area contributed by atoms with Crippen molar-refractivity contribution in [1.82, 2.24) is 14.5 Å². The van der Waals surface area contributed by atoms with Gasteiger partial charge in [-0.25, -0.2) is 4.98 Å². The zero-order chi connectivity index (χ0) is 22.0. The van der Waals surface area contributed by atoms with E-state index in [4.69, 9.17) is 10.2 Å². The molecule has 31 heavy (non-hydrogen) atoms. The van der Waals surface area contributed by atoms with Gasteiger partial charge in [-0.3, -0.25) is 4.79 Å². The first-order valence-electron chi connectivity index (χ1n) is 9.74. The molecule has 0 radical (unpaired) electrons. The maximum Gasteiger partial charge on any atom is 0.299 e. The largest absolute Gasteiger partial charge is 0.423 e. The number of nitrogens with zero attached hydrogens (tertiary/aromatic N) is 4. The average molecular weight is 414 g/mol. The van der Waals surface area contributed by atoms with Gasteiger partial charge in [-0.15, -0.1) is 0 Å². The van der Waals surface area contributed by atoms with Crippen LogP contribution in [0.25, 0.3) is 22.2 Å². The molecule has 0 aliphatic heterocycles. The molecule has 2 aromatic heterocycles. The summed E-state index contributed by atoms with van der Waals surface area (Å²) in [6.07, 6.45) is 3.46. The Hall–Kier alpha value is -4.09. The van der Waals surface area contributed by atoms with Crippen molar-refractivity contribution in [1.29, 1.82) is 5.26 Å². The Morgan fingerprint density at radius 3 is 2.90 bits per heavy atom. The van der Waals surface area contributed by atoms with Crippen molar-refractivity contribution in [2.75, 3.05) is 18.9 Å². The summed E-state index contributed by atoms with van der Waals surface area (Å²) in [5.41, 5.74) is 9.62. The first-order valence-corrected chi connectivity index (χ1v) is 9.74. The van der Waals surface area contributed by atoms with Crippen LogP contribution < -0.4 is 11.1 Å². The molecule has 2 heterocycles. The summed E-state index contributed by atoms with van der Waals surface area (Å²) in [7, 11) is 3.62. The Balaban J connectivity index is 1.58. The summed E-state index contributed by atoms with van der Waals surface area (Å²) < 4.78 is 7.85. The number of benzene rings is 2. The van der Waals surface area contributed by atoms with Crippen molar-refractivity contribution in [3.05, 3.63) is 66.0 Å². The number of nitriles is 1. The molecule has 0 fully saturated rings. The van der Waals surface area contributed by atoms with E-state index < -0.39 is 0 Å². The predicted octanol–water partition coefficient (Wildman–Crippen LogP) is 3.37. The fourth-order valence-corrected chi connectivity index (χ4v) is 3.53. The van der Waals surface area contributed by atoms with E-state index in [-0.39, 0.29) is 12.5 Å². The summed E-state index contributed by atoms with van der Waals surface area (Å²) in [6, 6.07) is 16.0. The molecular formula is C23H22N6O2. The molecule has 4 rings (SSSR count). The number of fused-ring (bicyclic) bond motifs is 1. The number of hydrogen-bond acceptors (Lipinski definition) is 6. The number of nitrogens with two attached hydrogens (primary N) is 1. The lowest BCUT2D eigenvalue weighted by Crippen LogP contribution is -2.32. The third-order valence-electron chi connectivity index (χ3n) is 5.16. The van der Waals surface area contributed by atoms with Crippen molar-refractivity contribution < 1.29 is 9.21 Å². The number of rotatable bonds is 6. The fraction of sp³-hybridized carbons (Fsp3) is 0.174. The lowest BCUT2D eigenvalue weighted by atomic mass is 10.1. The van der Waals surface area contributed by atoms with Gasteiger partial charge in [0.1, 0.15) is 6.07 Å². The minimum atomic E-state index is -0.134. The molecule has 0 spiro atoms. The van der Waals surface area contributed by atoms with Crippen molar-refractivity contribution in [3.8, 4) is 17.4 Å². The van der Waals surface area contributed by atoms with Gasteiger partial charge >= 0.3 is 0 Å². The third kappa shape index (κ3) is 3.99. The first kappa shape index (κ1) is 20.2. The minimum absolute atomic E-state index is 0.0314. The molecule has 0 atom stereocenters. The standard InChI is InChI=1S/C23H22N6O2/c1-28-14-16(10-24)18-8-7-17(9-20(18)28)27-23-26-12-21(31-23)19-6-4-3-5-15(19)13-29(2)22(30)11-25/h3-9,12,14H,11,13,25H2,1-2H3,(H,26,27). The smallest absolute Gasteiger partial charge is 0.299 e. The van der Waals surface area contributed by atoms with Crippen LogP contribution in [0.1, 0.15) is 11.1 Å². The number of aromatic nitrogens is 2. The average Bonchev–Trinajstić information content (AvgIpc) is 3.37. The summed E-state index contributed by atoms with van der Waals surface area (Å²) in [5, 5.41) is 13.3. The molecule has 0 saturated carbocycles. The lowest BCUT2D eigenvalue weighted by molar-refractivity contribution is -0.128. The Morgan fingerprint density at radius 2 is 2.13 bits per heavy atom. The molecule has 156 valence electrons. The minimum Gasteiger partial charge on any atom is -0.423 e. The van der Waals surface area contributed by atoms with Gasteiger partial charge in [-0.2, -0.15) is 5.26 Å². The third-order valence-corrected chi connectivity index (χ3v) is 5.16. The van der Waals surface area contributed by atoms with E-state index in [1.165, 1.54) is 0 Å². The van der Waals surface area contributed by atoms with Crippen LogP contribution in [0.2, 0.25) is 0 Å². The van der Waals surface area contributed by atoms with Gasteiger partial charge in [0.2, 0.25) is 5.91 Å². The maximum atomic E-state index is 11.8. The zero-order valence-corrected chi connectivity index (χ0v) is 17.3. The molecule has 4 aromatic rings. The maximum absolute atomic E-state index is 11.8. The second kappa shape index (κ2) is 8.34. The Bertz CT molecular complexity index is 1300. The van der Waals surface area contributed by atoms with Crippen molar-refractivity contribution in [2.24, 2.45) is 12.8 Å². The van der Waals surface area contributed by atoms with Gasteiger partial charge in [0.05, 0.1) is 23.8 Å². The van der Waals surface area contributed by atoms with Crippen LogP contribution in [0.15, 0.2) is 59.3 Å². The summed E-state index contributed by atoms with van der Waals surface area (Å²) in [6.45, 7) is 0.386. The monoisotopic (exact) mass is 414 g/mol. The van der Waals surface area contributed by atoms with Crippen LogP contribution in [-0.2, 0) is 18.4 Å². The lowest BCUT2D eigenvalue weighted by Gasteiger charge is -2.17. The van der Waals surface area contributed by atoms with Crippen molar-refractivity contribution in [3.63, 3.8) is 0 Å². The van der Waals surface area contributed by atoms with Gasteiger partial charge in [-0.05, 0) is 23.8 Å². The van der Waals surface area contributed by atoms with Crippen LogP contribution in [0.4, 0.5) is 11.7 Å². The molecule has 0 saturated heterocycles. The van der Waals surface area contributed by atoms with E-state index in [1.807, 2.05) is 54.1 Å². The van der Waals surface area contributed by atoms with E-state index in [1.54, 1.807) is 24.3 Å². The topological polar surface area (TPSA) is 113 Å². The second-order valence-electron chi connectivity index (χ2n) is 7.26. The molecule has 0 unspecified atom stereocenters. The van der Waals surface area contributed by atoms with Crippen molar-refractivity contribution >= 4 is 28.5 Å². The van der Waals surface area contributed by atoms with Crippen LogP contribution >= 0.6 is 0 Å². The van der Waals surface area contributed by atoms with Gasteiger partial charge in [0, 0.05) is 43.5 Å². The quantitative estimate of drug-likeness (QED) is 0.500. The number of anilines is 2. The summed E-state index contributed by atoms with van der Waals surface area (Å²) in [5.74, 6) is 0.462. The van der Waals surface area contributed by atoms with Gasteiger partial charge in [-0.1, -0.05) is 24.3 Å². The highest BCUT2D eigenvalue weighted by atomic mass is 16.4. The van der Waals surface area contributed by atoms with Crippen LogP contribution in [-0.4, -0.2) is 34.0 Å². The SMILES string of the molecule is CN(Cc1ccccc1-c1cnc(Nc2ccc3c(C#N)cn(C)c3c2)o1)C(=O)CN. The molecule has 1 amide bonds. The Kier molecular flexibility index (Phi) is 5.43. The number of aryl methyl sites for hydroxylation is 1. The molecule has 0 bridgehead atoms. The molecule has 0 aliphatic carbocycles. The highest BCUT2D eigenvalue weighted by Gasteiger charge is 2.15.